The van der Waals surface area contributed by atoms with Gasteiger partial charge in [0.05, 0.1) is 29.5 Å². The van der Waals surface area contributed by atoms with Crippen LogP contribution < -0.4 is 4.90 Å². The SMILES string of the molecule is C[C@@H]1Cc2ccccc2N1C(=O)COC(=O)c1ccc2c(c1)C(=O)N(Cc1ccco1)C2=O. The molecule has 2 aliphatic heterocycles. The predicted molar refractivity (Wildman–Crippen MR) is 117 cm³/mol. The van der Waals surface area contributed by atoms with Crippen molar-refractivity contribution in [3.8, 4) is 0 Å². The predicted octanol–water partition coefficient (Wildman–Crippen LogP) is 3.21. The molecular formula is C25H20N2O6. The van der Waals surface area contributed by atoms with Gasteiger partial charge < -0.3 is 14.1 Å². The summed E-state index contributed by atoms with van der Waals surface area (Å²) in [6.45, 7) is 1.52. The molecule has 3 amide bonds. The number of amides is 3. The number of imide groups is 1. The van der Waals surface area contributed by atoms with Crippen LogP contribution in [0.15, 0.2) is 65.3 Å². The zero-order valence-electron chi connectivity index (χ0n) is 17.8. The molecule has 5 rings (SSSR count). The van der Waals surface area contributed by atoms with Gasteiger partial charge in [-0.15, -0.1) is 0 Å². The van der Waals surface area contributed by atoms with Crippen LogP contribution in [0.5, 0.6) is 0 Å². The Kier molecular flexibility index (Phi) is 5.05. The highest BCUT2D eigenvalue weighted by atomic mass is 16.5. The van der Waals surface area contributed by atoms with E-state index in [1.807, 2.05) is 31.2 Å². The fraction of sp³-hybridized carbons (Fsp3) is 0.200. The fourth-order valence-corrected chi connectivity index (χ4v) is 4.35. The van der Waals surface area contributed by atoms with Crippen LogP contribution in [-0.2, 0) is 22.5 Å². The molecule has 1 atom stereocenters. The molecule has 3 aromatic rings. The number of hydrogen-bond acceptors (Lipinski definition) is 6. The number of esters is 1. The highest BCUT2D eigenvalue weighted by Crippen LogP contribution is 2.32. The van der Waals surface area contributed by atoms with Crippen molar-refractivity contribution in [2.45, 2.75) is 25.9 Å². The molecule has 8 nitrogen and oxygen atoms in total. The van der Waals surface area contributed by atoms with Crippen LogP contribution in [0, 0.1) is 0 Å². The molecule has 0 bridgehead atoms. The van der Waals surface area contributed by atoms with E-state index in [2.05, 4.69) is 0 Å². The third-order valence-electron chi connectivity index (χ3n) is 5.90. The first-order valence-electron chi connectivity index (χ1n) is 10.5. The van der Waals surface area contributed by atoms with E-state index in [4.69, 9.17) is 9.15 Å². The number of rotatable bonds is 5. The standard InChI is InChI=1S/C25H20N2O6/c1-15-11-16-5-2-3-7-21(16)27(15)22(28)14-33-25(31)17-8-9-19-20(12-17)24(30)26(23(19)29)13-18-6-4-10-32-18/h2-10,12,15H,11,13-14H2,1H3/t15-/m1/s1. The number of hydrogen-bond donors (Lipinski definition) is 0. The van der Waals surface area contributed by atoms with Crippen molar-refractivity contribution in [3.05, 3.63) is 88.9 Å². The summed E-state index contributed by atoms with van der Waals surface area (Å²) in [7, 11) is 0. The number of ether oxygens (including phenoxy) is 1. The summed E-state index contributed by atoms with van der Waals surface area (Å²) in [6.07, 6.45) is 2.20. The first kappa shape index (κ1) is 20.7. The number of carbonyl (C=O) groups is 4. The van der Waals surface area contributed by atoms with Gasteiger partial charge in [-0.25, -0.2) is 4.79 Å². The third kappa shape index (κ3) is 3.59. The van der Waals surface area contributed by atoms with E-state index in [0.29, 0.717) is 5.76 Å². The quantitative estimate of drug-likeness (QED) is 0.443. The minimum atomic E-state index is -0.740. The molecule has 0 spiro atoms. The summed E-state index contributed by atoms with van der Waals surface area (Å²) >= 11 is 0. The van der Waals surface area contributed by atoms with Gasteiger partial charge in [0.25, 0.3) is 17.7 Å². The molecule has 3 heterocycles. The molecule has 8 heteroatoms. The lowest BCUT2D eigenvalue weighted by Gasteiger charge is -2.22. The molecule has 0 saturated heterocycles. The van der Waals surface area contributed by atoms with E-state index in [0.717, 1.165) is 22.6 Å². The Morgan fingerprint density at radius 3 is 2.61 bits per heavy atom. The monoisotopic (exact) mass is 444 g/mol. The van der Waals surface area contributed by atoms with Gasteiger partial charge in [0.1, 0.15) is 5.76 Å². The second-order valence-corrected chi connectivity index (χ2v) is 8.06. The first-order valence-corrected chi connectivity index (χ1v) is 10.5. The van der Waals surface area contributed by atoms with E-state index < -0.39 is 24.4 Å². The van der Waals surface area contributed by atoms with Gasteiger partial charge >= 0.3 is 5.97 Å². The van der Waals surface area contributed by atoms with Crippen molar-refractivity contribution in [1.29, 1.82) is 0 Å². The normalized spacial score (nSPS) is 16.7. The molecule has 0 unspecified atom stereocenters. The largest absolute Gasteiger partial charge is 0.467 e. The molecule has 33 heavy (non-hydrogen) atoms. The second-order valence-electron chi connectivity index (χ2n) is 8.06. The first-order chi connectivity index (χ1) is 15.9. The maximum atomic E-state index is 12.8. The molecule has 0 radical (unpaired) electrons. The van der Waals surface area contributed by atoms with E-state index >= 15 is 0 Å². The Balaban J connectivity index is 1.27. The van der Waals surface area contributed by atoms with Gasteiger partial charge in [-0.3, -0.25) is 19.3 Å². The molecular weight excluding hydrogens is 424 g/mol. The van der Waals surface area contributed by atoms with E-state index in [-0.39, 0.29) is 35.2 Å². The number of benzene rings is 2. The Hall–Kier alpha value is -4.20. The van der Waals surface area contributed by atoms with Crippen molar-refractivity contribution in [3.63, 3.8) is 0 Å². The summed E-state index contributed by atoms with van der Waals surface area (Å²) in [5.74, 6) is -1.56. The van der Waals surface area contributed by atoms with Crippen molar-refractivity contribution in [2.24, 2.45) is 0 Å². The minimum absolute atomic E-state index is 0.00310. The van der Waals surface area contributed by atoms with Gasteiger partial charge in [0.2, 0.25) is 0 Å². The van der Waals surface area contributed by atoms with E-state index in [1.54, 1.807) is 17.0 Å². The highest BCUT2D eigenvalue weighted by Gasteiger charge is 2.37. The lowest BCUT2D eigenvalue weighted by atomic mass is 10.1. The smallest absolute Gasteiger partial charge is 0.338 e. The van der Waals surface area contributed by atoms with Crippen molar-refractivity contribution in [2.75, 3.05) is 11.5 Å². The zero-order valence-corrected chi connectivity index (χ0v) is 17.8. The molecule has 0 saturated carbocycles. The van der Waals surface area contributed by atoms with E-state index in [9.17, 15) is 19.2 Å². The van der Waals surface area contributed by atoms with Gasteiger partial charge in [-0.05, 0) is 55.3 Å². The maximum absolute atomic E-state index is 12.8. The Morgan fingerprint density at radius 1 is 1.03 bits per heavy atom. The summed E-state index contributed by atoms with van der Waals surface area (Å²) < 4.78 is 10.5. The molecule has 2 aliphatic rings. The average Bonchev–Trinajstić information content (AvgIpc) is 3.51. The molecule has 0 fully saturated rings. The third-order valence-corrected chi connectivity index (χ3v) is 5.90. The van der Waals surface area contributed by atoms with Crippen LogP contribution >= 0.6 is 0 Å². The minimum Gasteiger partial charge on any atom is -0.467 e. The van der Waals surface area contributed by atoms with Crippen LogP contribution in [0.4, 0.5) is 5.69 Å². The van der Waals surface area contributed by atoms with Gasteiger partial charge in [-0.1, -0.05) is 18.2 Å². The van der Waals surface area contributed by atoms with Crippen molar-refractivity contribution >= 4 is 29.4 Å². The van der Waals surface area contributed by atoms with Gasteiger partial charge in [0, 0.05) is 11.7 Å². The summed E-state index contributed by atoms with van der Waals surface area (Å²) in [6, 6.07) is 15.1. The number of furan rings is 1. The lowest BCUT2D eigenvalue weighted by molar-refractivity contribution is -0.122. The Morgan fingerprint density at radius 2 is 1.82 bits per heavy atom. The summed E-state index contributed by atoms with van der Waals surface area (Å²) in [5, 5.41) is 0. The van der Waals surface area contributed by atoms with Crippen LogP contribution in [0.3, 0.4) is 0 Å². The number of anilines is 1. The number of fused-ring (bicyclic) bond motifs is 2. The van der Waals surface area contributed by atoms with Crippen LogP contribution in [0.1, 0.15) is 49.3 Å². The Bertz CT molecular complexity index is 1280. The lowest BCUT2D eigenvalue weighted by Crippen LogP contribution is -2.38. The van der Waals surface area contributed by atoms with Gasteiger partial charge in [-0.2, -0.15) is 0 Å². The van der Waals surface area contributed by atoms with Crippen LogP contribution in [0.25, 0.3) is 0 Å². The summed E-state index contributed by atoms with van der Waals surface area (Å²) in [4.78, 5) is 53.4. The molecule has 166 valence electrons. The summed E-state index contributed by atoms with van der Waals surface area (Å²) in [5.41, 5.74) is 2.32. The van der Waals surface area contributed by atoms with Crippen molar-refractivity contribution < 1.29 is 28.3 Å². The Labute approximate surface area is 189 Å². The fourth-order valence-electron chi connectivity index (χ4n) is 4.35. The van der Waals surface area contributed by atoms with E-state index in [1.165, 1.54) is 24.5 Å². The maximum Gasteiger partial charge on any atom is 0.338 e. The molecule has 2 aromatic carbocycles. The van der Waals surface area contributed by atoms with Crippen molar-refractivity contribution in [1.82, 2.24) is 4.90 Å². The van der Waals surface area contributed by atoms with Crippen LogP contribution in [-0.4, -0.2) is 41.2 Å². The second kappa shape index (κ2) is 8.05. The molecule has 0 aliphatic carbocycles. The number of nitrogens with zero attached hydrogens (tertiary/aromatic N) is 2. The number of para-hydroxylation sites is 1. The molecule has 0 N–H and O–H groups in total. The van der Waals surface area contributed by atoms with Gasteiger partial charge in [0.15, 0.2) is 6.61 Å². The average molecular weight is 444 g/mol. The number of carbonyl (C=O) groups excluding carboxylic acids is 4. The molecule has 1 aromatic heterocycles. The van der Waals surface area contributed by atoms with Crippen LogP contribution in [0.2, 0.25) is 0 Å². The topological polar surface area (TPSA) is 97.1 Å². The zero-order chi connectivity index (χ0) is 23.1. The highest BCUT2D eigenvalue weighted by molar-refractivity contribution is 6.21.